The molecule has 0 bridgehead atoms. The van der Waals surface area contributed by atoms with E-state index in [9.17, 15) is 9.59 Å². The van der Waals surface area contributed by atoms with Gasteiger partial charge < -0.3 is 4.42 Å². The van der Waals surface area contributed by atoms with E-state index in [1.54, 1.807) is 0 Å². The van der Waals surface area contributed by atoms with E-state index in [1.807, 2.05) is 0 Å². The SMILES string of the molecule is O=C(Cl)c1cc(=O)c2cc(Cl)cc(Cl)c2o1. The van der Waals surface area contributed by atoms with Gasteiger partial charge in [0.25, 0.3) is 5.24 Å². The van der Waals surface area contributed by atoms with Crippen molar-refractivity contribution in [3.05, 3.63) is 44.2 Å². The minimum absolute atomic E-state index is 0.0996. The van der Waals surface area contributed by atoms with E-state index in [1.165, 1.54) is 12.1 Å². The van der Waals surface area contributed by atoms with Gasteiger partial charge in [0.2, 0.25) is 0 Å². The number of halogens is 3. The van der Waals surface area contributed by atoms with E-state index in [0.717, 1.165) is 6.07 Å². The van der Waals surface area contributed by atoms with Crippen molar-refractivity contribution in [1.29, 1.82) is 0 Å². The van der Waals surface area contributed by atoms with Crippen molar-refractivity contribution in [2.75, 3.05) is 0 Å². The molecule has 0 radical (unpaired) electrons. The summed E-state index contributed by atoms with van der Waals surface area (Å²) in [6, 6.07) is 3.83. The van der Waals surface area contributed by atoms with Gasteiger partial charge in [-0.15, -0.1) is 0 Å². The molecule has 0 aliphatic carbocycles. The summed E-state index contributed by atoms with van der Waals surface area (Å²) in [5.41, 5.74) is -0.322. The Labute approximate surface area is 105 Å². The highest BCUT2D eigenvalue weighted by molar-refractivity contribution is 6.67. The molecule has 16 heavy (non-hydrogen) atoms. The lowest BCUT2D eigenvalue weighted by Crippen LogP contribution is -2.04. The zero-order valence-corrected chi connectivity index (χ0v) is 9.86. The van der Waals surface area contributed by atoms with Gasteiger partial charge in [-0.2, -0.15) is 0 Å². The third kappa shape index (κ3) is 1.94. The molecule has 0 N–H and O–H groups in total. The molecule has 3 nitrogen and oxygen atoms in total. The molecule has 0 fully saturated rings. The molecule has 0 unspecified atom stereocenters. The summed E-state index contributed by atoms with van der Waals surface area (Å²) in [5.74, 6) is -0.247. The van der Waals surface area contributed by atoms with Crippen LogP contribution in [0.3, 0.4) is 0 Å². The summed E-state index contributed by atoms with van der Waals surface area (Å²) in [4.78, 5) is 22.5. The lowest BCUT2D eigenvalue weighted by atomic mass is 10.2. The molecule has 0 saturated carbocycles. The summed E-state index contributed by atoms with van der Waals surface area (Å²) < 4.78 is 5.12. The van der Waals surface area contributed by atoms with E-state index in [4.69, 9.17) is 39.2 Å². The van der Waals surface area contributed by atoms with Crippen molar-refractivity contribution in [3.8, 4) is 0 Å². The van der Waals surface area contributed by atoms with Crippen molar-refractivity contribution in [2.24, 2.45) is 0 Å². The van der Waals surface area contributed by atoms with Crippen LogP contribution >= 0.6 is 34.8 Å². The first-order valence-electron chi connectivity index (χ1n) is 4.12. The summed E-state index contributed by atoms with van der Waals surface area (Å²) in [6.45, 7) is 0. The first-order chi connectivity index (χ1) is 7.49. The maximum absolute atomic E-state index is 11.6. The lowest BCUT2D eigenvalue weighted by Gasteiger charge is -2.01. The summed E-state index contributed by atoms with van der Waals surface area (Å²) in [5, 5.41) is -0.182. The fraction of sp³-hybridized carbons (Fsp3) is 0. The highest BCUT2D eigenvalue weighted by Gasteiger charge is 2.12. The van der Waals surface area contributed by atoms with Crippen LogP contribution in [0.2, 0.25) is 10.0 Å². The molecule has 6 heteroatoms. The van der Waals surface area contributed by atoms with Crippen LogP contribution in [0.5, 0.6) is 0 Å². The van der Waals surface area contributed by atoms with Gasteiger partial charge in [-0.3, -0.25) is 9.59 Å². The fourth-order valence-electron chi connectivity index (χ4n) is 1.28. The molecular formula is C10H3Cl3O3. The number of hydrogen-bond donors (Lipinski definition) is 0. The Morgan fingerprint density at radius 1 is 1.19 bits per heavy atom. The highest BCUT2D eigenvalue weighted by Crippen LogP contribution is 2.26. The number of hydrogen-bond acceptors (Lipinski definition) is 3. The van der Waals surface area contributed by atoms with Crippen molar-refractivity contribution < 1.29 is 9.21 Å². The second-order valence-electron chi connectivity index (χ2n) is 3.01. The maximum atomic E-state index is 11.6. The second kappa shape index (κ2) is 4.09. The quantitative estimate of drug-likeness (QED) is 0.750. The largest absolute Gasteiger partial charge is 0.450 e. The van der Waals surface area contributed by atoms with Crippen LogP contribution in [0.4, 0.5) is 0 Å². The molecule has 1 heterocycles. The van der Waals surface area contributed by atoms with Gasteiger partial charge in [0.1, 0.15) is 0 Å². The van der Waals surface area contributed by atoms with Crippen molar-refractivity contribution >= 4 is 51.0 Å². The van der Waals surface area contributed by atoms with Crippen LogP contribution in [-0.2, 0) is 0 Å². The molecular weight excluding hydrogens is 274 g/mol. The average Bonchev–Trinajstić information content (AvgIpc) is 2.19. The molecule has 1 aromatic heterocycles. The second-order valence-corrected chi connectivity index (χ2v) is 4.20. The summed E-state index contributed by atoms with van der Waals surface area (Å²) >= 11 is 16.8. The lowest BCUT2D eigenvalue weighted by molar-refractivity contribution is 0.105. The third-order valence-corrected chi connectivity index (χ3v) is 2.63. The Bertz CT molecular complexity index is 646. The maximum Gasteiger partial charge on any atom is 0.287 e. The topological polar surface area (TPSA) is 47.3 Å². The van der Waals surface area contributed by atoms with E-state index >= 15 is 0 Å². The Balaban J connectivity index is 2.93. The smallest absolute Gasteiger partial charge is 0.287 e. The zero-order valence-electron chi connectivity index (χ0n) is 7.59. The van der Waals surface area contributed by atoms with E-state index in [2.05, 4.69) is 0 Å². The first kappa shape index (κ1) is 11.5. The van der Waals surface area contributed by atoms with Gasteiger partial charge in [-0.1, -0.05) is 23.2 Å². The van der Waals surface area contributed by atoms with Gasteiger partial charge in [0.15, 0.2) is 16.8 Å². The predicted octanol–water partition coefficient (Wildman–Crippen LogP) is 3.48. The van der Waals surface area contributed by atoms with E-state index < -0.39 is 10.7 Å². The van der Waals surface area contributed by atoms with Crippen LogP contribution in [0.1, 0.15) is 10.6 Å². The number of fused-ring (bicyclic) bond motifs is 1. The number of rotatable bonds is 1. The number of carbonyl (C=O) groups is 1. The van der Waals surface area contributed by atoms with Crippen LogP contribution in [0.25, 0.3) is 11.0 Å². The van der Waals surface area contributed by atoms with Gasteiger partial charge in [-0.05, 0) is 23.7 Å². The molecule has 0 atom stereocenters. The van der Waals surface area contributed by atoms with Gasteiger partial charge >= 0.3 is 0 Å². The first-order valence-corrected chi connectivity index (χ1v) is 5.25. The highest BCUT2D eigenvalue weighted by atomic mass is 35.5. The molecule has 2 aromatic rings. The molecule has 0 aliphatic rings. The summed E-state index contributed by atoms with van der Waals surface area (Å²) in [7, 11) is 0. The molecule has 82 valence electrons. The minimum atomic E-state index is -0.856. The van der Waals surface area contributed by atoms with E-state index in [0.29, 0.717) is 5.02 Å². The Kier molecular flexibility index (Phi) is 2.93. The Hall–Kier alpha value is -1.03. The van der Waals surface area contributed by atoms with Crippen molar-refractivity contribution in [3.63, 3.8) is 0 Å². The van der Waals surface area contributed by atoms with Crippen molar-refractivity contribution in [2.45, 2.75) is 0 Å². The van der Waals surface area contributed by atoms with Crippen molar-refractivity contribution in [1.82, 2.24) is 0 Å². The molecule has 0 amide bonds. The van der Waals surface area contributed by atoms with E-state index in [-0.39, 0.29) is 21.8 Å². The molecule has 0 saturated heterocycles. The van der Waals surface area contributed by atoms with Crippen LogP contribution in [0, 0.1) is 0 Å². The molecule has 0 spiro atoms. The van der Waals surface area contributed by atoms with Crippen LogP contribution < -0.4 is 5.43 Å². The standard InChI is InChI=1S/C10H3Cl3O3/c11-4-1-5-7(14)3-8(10(13)15)16-9(5)6(12)2-4/h1-3H. The molecule has 1 aromatic carbocycles. The monoisotopic (exact) mass is 276 g/mol. The Morgan fingerprint density at radius 2 is 1.88 bits per heavy atom. The van der Waals surface area contributed by atoms with Gasteiger partial charge in [0, 0.05) is 11.1 Å². The third-order valence-electron chi connectivity index (χ3n) is 1.94. The predicted molar refractivity (Wildman–Crippen MR) is 62.7 cm³/mol. The number of benzene rings is 1. The number of carbonyl (C=O) groups excluding carboxylic acids is 1. The van der Waals surface area contributed by atoms with Gasteiger partial charge in [-0.25, -0.2) is 0 Å². The van der Waals surface area contributed by atoms with Crippen LogP contribution in [-0.4, -0.2) is 5.24 Å². The van der Waals surface area contributed by atoms with Crippen LogP contribution in [0.15, 0.2) is 27.4 Å². The zero-order chi connectivity index (χ0) is 11.9. The normalized spacial score (nSPS) is 10.7. The minimum Gasteiger partial charge on any atom is -0.450 e. The Morgan fingerprint density at radius 3 is 2.50 bits per heavy atom. The summed E-state index contributed by atoms with van der Waals surface area (Å²) in [6.07, 6.45) is 0. The molecule has 0 aliphatic heterocycles. The average molecular weight is 277 g/mol. The van der Waals surface area contributed by atoms with Gasteiger partial charge in [0.05, 0.1) is 10.4 Å². The fourth-order valence-corrected chi connectivity index (χ4v) is 1.91. The molecule has 2 rings (SSSR count).